The van der Waals surface area contributed by atoms with Crippen LogP contribution in [0.25, 0.3) is 0 Å². The fraction of sp³-hybridized carbons (Fsp3) is 0.364. The first-order chi connectivity index (χ1) is 8.13. The van der Waals surface area contributed by atoms with Gasteiger partial charge in [0.05, 0.1) is 16.8 Å². The van der Waals surface area contributed by atoms with Gasteiger partial charge in [-0.2, -0.15) is 0 Å². The lowest BCUT2D eigenvalue weighted by Crippen LogP contribution is -2.20. The van der Waals surface area contributed by atoms with Crippen LogP contribution < -0.4 is 4.90 Å². The number of aromatic nitrogens is 1. The molecule has 92 valence electrons. The van der Waals surface area contributed by atoms with E-state index in [9.17, 15) is 0 Å². The lowest BCUT2D eigenvalue weighted by Gasteiger charge is -2.23. The Hall–Kier alpha value is -0.290. The summed E-state index contributed by atoms with van der Waals surface area (Å²) < 4.78 is 0. The van der Waals surface area contributed by atoms with E-state index in [1.165, 1.54) is 4.88 Å². The molecule has 2 aromatic heterocycles. The molecule has 2 rings (SSSR count). The second kappa shape index (κ2) is 5.57. The molecule has 0 bridgehead atoms. The summed E-state index contributed by atoms with van der Waals surface area (Å²) in [6.07, 6.45) is 0. The quantitative estimate of drug-likeness (QED) is 0.755. The number of thiazole rings is 1. The van der Waals surface area contributed by atoms with Crippen molar-refractivity contribution in [3.63, 3.8) is 0 Å². The van der Waals surface area contributed by atoms with E-state index < -0.39 is 0 Å². The molecule has 17 heavy (non-hydrogen) atoms. The normalized spacial score (nSPS) is 12.7. The van der Waals surface area contributed by atoms with Crippen LogP contribution in [0.4, 0.5) is 5.13 Å². The minimum atomic E-state index is 0.292. The average molecular weight is 307 g/mol. The third-order valence-electron chi connectivity index (χ3n) is 2.60. The molecule has 0 aliphatic heterocycles. The molecule has 0 aliphatic rings. The maximum absolute atomic E-state index is 6.01. The Bertz CT molecular complexity index is 482. The van der Waals surface area contributed by atoms with Crippen LogP contribution in [0.2, 0.25) is 5.15 Å². The van der Waals surface area contributed by atoms with Crippen LogP contribution in [0.3, 0.4) is 0 Å². The summed E-state index contributed by atoms with van der Waals surface area (Å²) in [5.74, 6) is 0.414. The molecule has 0 fully saturated rings. The van der Waals surface area contributed by atoms with Gasteiger partial charge in [0.1, 0.15) is 5.15 Å². The number of hydrogen-bond donors (Lipinski definition) is 0. The first-order valence-corrected chi connectivity index (χ1v) is 7.71. The van der Waals surface area contributed by atoms with Gasteiger partial charge < -0.3 is 4.90 Å². The Morgan fingerprint density at radius 3 is 2.82 bits per heavy atom. The van der Waals surface area contributed by atoms with E-state index in [1.807, 2.05) is 7.05 Å². The molecule has 2 aromatic rings. The van der Waals surface area contributed by atoms with Gasteiger partial charge in [-0.25, -0.2) is 4.98 Å². The molecule has 0 saturated carbocycles. The summed E-state index contributed by atoms with van der Waals surface area (Å²) in [6.45, 7) is 2.15. The van der Waals surface area contributed by atoms with E-state index in [4.69, 9.17) is 23.2 Å². The van der Waals surface area contributed by atoms with Crippen LogP contribution in [0, 0.1) is 0 Å². The first-order valence-electron chi connectivity index (χ1n) is 5.11. The molecule has 1 unspecified atom stereocenters. The van der Waals surface area contributed by atoms with Crippen molar-refractivity contribution < 1.29 is 0 Å². The van der Waals surface area contributed by atoms with Crippen molar-refractivity contribution in [3.05, 3.63) is 32.4 Å². The molecular formula is C11H12Cl2N2S2. The molecule has 2 nitrogen and oxygen atoms in total. The van der Waals surface area contributed by atoms with E-state index in [2.05, 4.69) is 34.3 Å². The SMILES string of the molecule is CC(c1cccs1)N(C)c1nc(Cl)c(CCl)s1. The highest BCUT2D eigenvalue weighted by atomic mass is 35.5. The summed E-state index contributed by atoms with van der Waals surface area (Å²) in [6, 6.07) is 4.48. The van der Waals surface area contributed by atoms with Crippen LogP contribution >= 0.6 is 45.9 Å². The topological polar surface area (TPSA) is 16.1 Å². The van der Waals surface area contributed by atoms with Crippen LogP contribution in [-0.4, -0.2) is 12.0 Å². The van der Waals surface area contributed by atoms with Crippen molar-refractivity contribution in [1.29, 1.82) is 0 Å². The van der Waals surface area contributed by atoms with Gasteiger partial charge >= 0.3 is 0 Å². The largest absolute Gasteiger partial charge is 0.344 e. The molecule has 2 heterocycles. The number of nitrogens with zero attached hydrogens (tertiary/aromatic N) is 2. The highest BCUT2D eigenvalue weighted by molar-refractivity contribution is 7.16. The zero-order chi connectivity index (χ0) is 12.4. The Labute approximate surface area is 119 Å². The third-order valence-corrected chi connectivity index (χ3v) is 5.64. The zero-order valence-electron chi connectivity index (χ0n) is 9.48. The number of hydrogen-bond acceptors (Lipinski definition) is 4. The van der Waals surface area contributed by atoms with Crippen LogP contribution in [-0.2, 0) is 5.88 Å². The molecule has 0 radical (unpaired) electrons. The highest BCUT2D eigenvalue weighted by Crippen LogP contribution is 2.34. The van der Waals surface area contributed by atoms with Crippen LogP contribution in [0.15, 0.2) is 17.5 Å². The minimum Gasteiger partial charge on any atom is -0.344 e. The molecule has 0 amide bonds. The van der Waals surface area contributed by atoms with Gasteiger partial charge in [-0.3, -0.25) is 0 Å². The van der Waals surface area contributed by atoms with Gasteiger partial charge in [0, 0.05) is 11.9 Å². The summed E-state index contributed by atoms with van der Waals surface area (Å²) in [4.78, 5) is 8.70. The third kappa shape index (κ3) is 2.76. The predicted octanol–water partition coefficient (Wildman–Crippen LogP) is 4.79. The first kappa shape index (κ1) is 13.1. The minimum absolute atomic E-state index is 0.292. The van der Waals surface area contributed by atoms with Crippen LogP contribution in [0.1, 0.15) is 22.7 Å². The van der Waals surface area contributed by atoms with E-state index in [-0.39, 0.29) is 0 Å². The Morgan fingerprint density at radius 2 is 2.29 bits per heavy atom. The molecule has 0 saturated heterocycles. The van der Waals surface area contributed by atoms with Crippen molar-refractivity contribution in [2.24, 2.45) is 0 Å². The molecule has 0 spiro atoms. The summed E-state index contributed by atoms with van der Waals surface area (Å²) in [5.41, 5.74) is 0. The maximum Gasteiger partial charge on any atom is 0.187 e. The van der Waals surface area contributed by atoms with E-state index in [1.54, 1.807) is 22.7 Å². The van der Waals surface area contributed by atoms with E-state index in [0.717, 1.165) is 10.0 Å². The zero-order valence-corrected chi connectivity index (χ0v) is 12.6. The molecular weight excluding hydrogens is 295 g/mol. The van der Waals surface area contributed by atoms with E-state index >= 15 is 0 Å². The average Bonchev–Trinajstić information content (AvgIpc) is 2.95. The monoisotopic (exact) mass is 306 g/mol. The lowest BCUT2D eigenvalue weighted by atomic mass is 10.2. The fourth-order valence-corrected chi connectivity index (χ4v) is 3.78. The molecule has 0 aromatic carbocycles. The smallest absolute Gasteiger partial charge is 0.187 e. The van der Waals surface area contributed by atoms with Crippen molar-refractivity contribution in [2.45, 2.75) is 18.8 Å². The number of thiophene rings is 1. The number of rotatable bonds is 4. The fourth-order valence-electron chi connectivity index (χ4n) is 1.44. The second-order valence-electron chi connectivity index (χ2n) is 3.65. The summed E-state index contributed by atoms with van der Waals surface area (Å²) in [7, 11) is 2.03. The van der Waals surface area contributed by atoms with Gasteiger partial charge in [-0.05, 0) is 18.4 Å². The van der Waals surface area contributed by atoms with Crippen molar-refractivity contribution >= 4 is 51.0 Å². The standard InChI is InChI=1S/C11H12Cl2N2S2/c1-7(8-4-3-5-16-8)15(2)11-14-10(13)9(6-12)17-11/h3-5,7H,6H2,1-2H3. The van der Waals surface area contributed by atoms with Gasteiger partial charge in [0.15, 0.2) is 5.13 Å². The van der Waals surface area contributed by atoms with Crippen molar-refractivity contribution in [3.8, 4) is 0 Å². The summed E-state index contributed by atoms with van der Waals surface area (Å²) >= 11 is 15.1. The summed E-state index contributed by atoms with van der Waals surface area (Å²) in [5, 5.41) is 3.51. The van der Waals surface area contributed by atoms with Crippen molar-refractivity contribution in [1.82, 2.24) is 4.98 Å². The molecule has 1 atom stereocenters. The number of alkyl halides is 1. The Morgan fingerprint density at radius 1 is 1.53 bits per heavy atom. The highest BCUT2D eigenvalue weighted by Gasteiger charge is 2.18. The molecule has 6 heteroatoms. The lowest BCUT2D eigenvalue weighted by molar-refractivity contribution is 0.751. The van der Waals surface area contributed by atoms with E-state index in [0.29, 0.717) is 17.1 Å². The van der Waals surface area contributed by atoms with Gasteiger partial charge in [0.2, 0.25) is 0 Å². The van der Waals surface area contributed by atoms with Gasteiger partial charge in [-0.15, -0.1) is 22.9 Å². The predicted molar refractivity (Wildman–Crippen MR) is 77.8 cm³/mol. The number of anilines is 1. The van der Waals surface area contributed by atoms with Gasteiger partial charge in [-0.1, -0.05) is 29.0 Å². The maximum atomic E-state index is 6.01. The Balaban J connectivity index is 2.21. The molecule has 0 aliphatic carbocycles. The van der Waals surface area contributed by atoms with Crippen LogP contribution in [0.5, 0.6) is 0 Å². The molecule has 0 N–H and O–H groups in total. The van der Waals surface area contributed by atoms with Crippen molar-refractivity contribution in [2.75, 3.05) is 11.9 Å². The van der Waals surface area contributed by atoms with Gasteiger partial charge in [0.25, 0.3) is 0 Å². The Kier molecular flexibility index (Phi) is 4.31. The number of halogens is 2. The second-order valence-corrected chi connectivity index (χ2v) is 6.31.